The Morgan fingerprint density at radius 3 is 2.04 bits per heavy atom. The van der Waals surface area contributed by atoms with Crippen LogP contribution in [0.25, 0.3) is 0 Å². The summed E-state index contributed by atoms with van der Waals surface area (Å²) in [6.07, 6.45) is -0.0753. The number of rotatable bonds is 3. The van der Waals surface area contributed by atoms with E-state index in [4.69, 9.17) is 27.9 Å². The molecule has 0 fully saturated rings. The van der Waals surface area contributed by atoms with Crippen LogP contribution in [0.3, 0.4) is 0 Å². The normalized spacial score (nSPS) is 13.7. The lowest BCUT2D eigenvalue weighted by Crippen LogP contribution is -2.29. The molecule has 0 unspecified atom stereocenters. The lowest BCUT2D eigenvalue weighted by Gasteiger charge is -2.18. The van der Waals surface area contributed by atoms with Crippen LogP contribution in [-0.2, 0) is 0 Å². The van der Waals surface area contributed by atoms with Crippen LogP contribution in [0.2, 0.25) is 10.0 Å². The zero-order valence-corrected chi connectivity index (χ0v) is 14.0. The number of hydrogen-bond acceptors (Lipinski definition) is 3. The van der Waals surface area contributed by atoms with Crippen molar-refractivity contribution < 1.29 is 14.3 Å². The molecule has 118 valence electrons. The molecular formula is C17H13Cl2NO3. The van der Waals surface area contributed by atoms with E-state index in [2.05, 4.69) is 0 Å². The monoisotopic (exact) mass is 349 g/mol. The molecule has 0 saturated carbocycles. The SMILES string of the molecule is CC(C)Oc1cc(Cl)c(N2C(=O)c3ccccc3C2=O)cc1Cl. The molecule has 6 heteroatoms. The molecule has 0 N–H and O–H groups in total. The summed E-state index contributed by atoms with van der Waals surface area (Å²) in [6.45, 7) is 3.73. The molecule has 4 nitrogen and oxygen atoms in total. The fourth-order valence-corrected chi connectivity index (χ4v) is 2.88. The van der Waals surface area contributed by atoms with E-state index in [1.165, 1.54) is 12.1 Å². The van der Waals surface area contributed by atoms with Gasteiger partial charge in [-0.3, -0.25) is 9.59 Å². The third-order valence-electron chi connectivity index (χ3n) is 3.40. The Kier molecular flexibility index (Phi) is 4.04. The molecule has 3 rings (SSSR count). The predicted octanol–water partition coefficient (Wildman–Crippen LogP) is 4.58. The van der Waals surface area contributed by atoms with Crippen LogP contribution in [0.4, 0.5) is 5.69 Å². The highest BCUT2D eigenvalue weighted by Gasteiger charge is 2.37. The molecule has 2 aromatic rings. The number of imide groups is 1. The van der Waals surface area contributed by atoms with Gasteiger partial charge < -0.3 is 4.74 Å². The van der Waals surface area contributed by atoms with Gasteiger partial charge in [-0.1, -0.05) is 35.3 Å². The number of carbonyl (C=O) groups is 2. The molecule has 0 atom stereocenters. The van der Waals surface area contributed by atoms with Gasteiger partial charge in [0.05, 0.1) is 33.0 Å². The molecular weight excluding hydrogens is 337 g/mol. The standard InChI is InChI=1S/C17H13Cl2NO3/c1-9(2)23-15-8-12(18)14(7-13(15)19)20-16(21)10-5-3-4-6-11(10)17(20)22/h3-9H,1-2H3. The van der Waals surface area contributed by atoms with Crippen LogP contribution >= 0.6 is 23.2 Å². The zero-order valence-electron chi connectivity index (χ0n) is 12.5. The van der Waals surface area contributed by atoms with E-state index >= 15 is 0 Å². The second-order valence-electron chi connectivity index (χ2n) is 5.39. The second-order valence-corrected chi connectivity index (χ2v) is 6.21. The van der Waals surface area contributed by atoms with E-state index in [0.29, 0.717) is 16.9 Å². The van der Waals surface area contributed by atoms with E-state index in [-0.39, 0.29) is 21.8 Å². The molecule has 0 saturated heterocycles. The van der Waals surface area contributed by atoms with E-state index in [0.717, 1.165) is 4.90 Å². The highest BCUT2D eigenvalue weighted by molar-refractivity contribution is 6.41. The van der Waals surface area contributed by atoms with E-state index < -0.39 is 11.8 Å². The van der Waals surface area contributed by atoms with Crippen LogP contribution < -0.4 is 9.64 Å². The predicted molar refractivity (Wildman–Crippen MR) is 89.8 cm³/mol. The van der Waals surface area contributed by atoms with Gasteiger partial charge in [0, 0.05) is 6.07 Å². The van der Waals surface area contributed by atoms with Gasteiger partial charge in [0.1, 0.15) is 5.75 Å². The van der Waals surface area contributed by atoms with Crippen molar-refractivity contribution in [1.82, 2.24) is 0 Å². The van der Waals surface area contributed by atoms with Crippen LogP contribution in [0.1, 0.15) is 34.6 Å². The smallest absolute Gasteiger partial charge is 0.266 e. The maximum Gasteiger partial charge on any atom is 0.266 e. The molecule has 1 aliphatic heterocycles. The molecule has 0 spiro atoms. The number of nitrogens with zero attached hydrogens (tertiary/aromatic N) is 1. The molecule has 2 aromatic carbocycles. The fourth-order valence-electron chi connectivity index (χ4n) is 2.44. The first-order valence-electron chi connectivity index (χ1n) is 7.03. The maximum absolute atomic E-state index is 12.5. The van der Waals surface area contributed by atoms with Crippen molar-refractivity contribution in [3.8, 4) is 5.75 Å². The second kappa shape index (κ2) is 5.87. The summed E-state index contributed by atoms with van der Waals surface area (Å²) in [7, 11) is 0. The Hall–Kier alpha value is -2.04. The topological polar surface area (TPSA) is 46.6 Å². The number of carbonyl (C=O) groups excluding carboxylic acids is 2. The number of anilines is 1. The molecule has 2 amide bonds. The number of fused-ring (bicyclic) bond motifs is 1. The number of benzene rings is 2. The van der Waals surface area contributed by atoms with Crippen LogP contribution in [0.15, 0.2) is 36.4 Å². The van der Waals surface area contributed by atoms with Crippen LogP contribution in [0, 0.1) is 0 Å². The molecule has 0 radical (unpaired) electrons. The van der Waals surface area contributed by atoms with Crippen molar-refractivity contribution in [2.75, 3.05) is 4.90 Å². The molecule has 0 aliphatic carbocycles. The maximum atomic E-state index is 12.5. The quantitative estimate of drug-likeness (QED) is 0.761. The first kappa shape index (κ1) is 15.8. The number of halogens is 2. The number of amides is 2. The summed E-state index contributed by atoms with van der Waals surface area (Å²) in [5.74, 6) is -0.422. The highest BCUT2D eigenvalue weighted by atomic mass is 35.5. The summed E-state index contributed by atoms with van der Waals surface area (Å²) >= 11 is 12.5. The molecule has 23 heavy (non-hydrogen) atoms. The van der Waals surface area contributed by atoms with Crippen molar-refractivity contribution >= 4 is 40.7 Å². The lowest BCUT2D eigenvalue weighted by molar-refractivity contribution is 0.0926. The number of ether oxygens (including phenoxy) is 1. The van der Waals surface area contributed by atoms with E-state index in [1.807, 2.05) is 13.8 Å². The van der Waals surface area contributed by atoms with Crippen LogP contribution in [0.5, 0.6) is 5.75 Å². The van der Waals surface area contributed by atoms with E-state index in [1.54, 1.807) is 24.3 Å². The summed E-state index contributed by atoms with van der Waals surface area (Å²) < 4.78 is 5.55. The van der Waals surface area contributed by atoms with Gasteiger partial charge in [0.15, 0.2) is 0 Å². The van der Waals surface area contributed by atoms with Crippen LogP contribution in [-0.4, -0.2) is 17.9 Å². The summed E-state index contributed by atoms with van der Waals surface area (Å²) in [4.78, 5) is 26.1. The van der Waals surface area contributed by atoms with Crippen molar-refractivity contribution in [1.29, 1.82) is 0 Å². The van der Waals surface area contributed by atoms with Gasteiger partial charge in [0.25, 0.3) is 11.8 Å². The summed E-state index contributed by atoms with van der Waals surface area (Å²) in [6, 6.07) is 9.64. The molecule has 1 heterocycles. The average molecular weight is 350 g/mol. The number of hydrogen-bond donors (Lipinski definition) is 0. The molecule has 0 bridgehead atoms. The average Bonchev–Trinajstić information content (AvgIpc) is 2.75. The van der Waals surface area contributed by atoms with Crippen molar-refractivity contribution in [3.05, 3.63) is 57.6 Å². The van der Waals surface area contributed by atoms with Crippen molar-refractivity contribution in [3.63, 3.8) is 0 Å². The van der Waals surface area contributed by atoms with Gasteiger partial charge in [-0.15, -0.1) is 0 Å². The largest absolute Gasteiger partial charge is 0.489 e. The first-order valence-corrected chi connectivity index (χ1v) is 7.79. The van der Waals surface area contributed by atoms with Gasteiger partial charge in [-0.05, 0) is 32.0 Å². The Morgan fingerprint density at radius 1 is 0.957 bits per heavy atom. The molecule has 1 aliphatic rings. The van der Waals surface area contributed by atoms with Crippen molar-refractivity contribution in [2.24, 2.45) is 0 Å². The highest BCUT2D eigenvalue weighted by Crippen LogP contribution is 2.39. The van der Waals surface area contributed by atoms with Crippen molar-refractivity contribution in [2.45, 2.75) is 20.0 Å². The fraction of sp³-hybridized carbons (Fsp3) is 0.176. The minimum Gasteiger partial charge on any atom is -0.489 e. The minimum atomic E-state index is -0.416. The third kappa shape index (κ3) is 2.69. The van der Waals surface area contributed by atoms with Gasteiger partial charge in [-0.25, -0.2) is 4.90 Å². The Balaban J connectivity index is 2.05. The zero-order chi connectivity index (χ0) is 16.7. The Morgan fingerprint density at radius 2 is 1.52 bits per heavy atom. The Bertz CT molecular complexity index is 782. The molecule has 0 aromatic heterocycles. The van der Waals surface area contributed by atoms with Gasteiger partial charge >= 0.3 is 0 Å². The van der Waals surface area contributed by atoms with Gasteiger partial charge in [-0.2, -0.15) is 0 Å². The Labute approximate surface area is 143 Å². The minimum absolute atomic E-state index is 0.0753. The van der Waals surface area contributed by atoms with E-state index in [9.17, 15) is 9.59 Å². The van der Waals surface area contributed by atoms with Gasteiger partial charge in [0.2, 0.25) is 0 Å². The third-order valence-corrected chi connectivity index (χ3v) is 4.00. The summed E-state index contributed by atoms with van der Waals surface area (Å²) in [5, 5.41) is 0.509. The first-order chi connectivity index (χ1) is 10.9. The lowest BCUT2D eigenvalue weighted by atomic mass is 10.1. The summed E-state index contributed by atoms with van der Waals surface area (Å²) in [5.41, 5.74) is 0.957.